The number of hydrogen-bond acceptors (Lipinski definition) is 2. The molecule has 1 unspecified atom stereocenters. The predicted molar refractivity (Wildman–Crippen MR) is 78.7 cm³/mol. The van der Waals surface area contributed by atoms with Gasteiger partial charge in [-0.15, -0.1) is 0 Å². The van der Waals surface area contributed by atoms with E-state index >= 15 is 0 Å². The van der Waals surface area contributed by atoms with Crippen molar-refractivity contribution in [3.8, 4) is 5.75 Å². The van der Waals surface area contributed by atoms with Crippen LogP contribution in [0.2, 0.25) is 0 Å². The van der Waals surface area contributed by atoms with E-state index in [4.69, 9.17) is 0 Å². The summed E-state index contributed by atoms with van der Waals surface area (Å²) in [5.74, 6) is 1.92. The predicted octanol–water partition coefficient (Wildman–Crippen LogP) is 3.46. The van der Waals surface area contributed by atoms with Crippen molar-refractivity contribution in [2.45, 2.75) is 44.9 Å². The fourth-order valence-corrected chi connectivity index (χ4v) is 3.93. The Hall–Kier alpha value is -1.02. The van der Waals surface area contributed by atoms with Crippen LogP contribution in [0.15, 0.2) is 12.1 Å². The molecule has 1 saturated carbocycles. The number of nitrogens with zero attached hydrogens (tertiary/aromatic N) is 1. The van der Waals surface area contributed by atoms with Crippen LogP contribution in [-0.4, -0.2) is 30.1 Å². The van der Waals surface area contributed by atoms with Crippen molar-refractivity contribution in [1.29, 1.82) is 0 Å². The highest BCUT2D eigenvalue weighted by atomic mass is 16.3. The molecule has 1 atom stereocenters. The Morgan fingerprint density at radius 2 is 1.95 bits per heavy atom. The summed E-state index contributed by atoms with van der Waals surface area (Å²) in [6.45, 7) is 4.30. The molecule has 19 heavy (non-hydrogen) atoms. The fraction of sp³-hybridized carbons (Fsp3) is 0.647. The van der Waals surface area contributed by atoms with E-state index in [0.29, 0.717) is 11.7 Å². The van der Waals surface area contributed by atoms with Gasteiger partial charge in [0.1, 0.15) is 5.75 Å². The number of fused-ring (bicyclic) bond motifs is 1. The minimum atomic E-state index is 0.478. The van der Waals surface area contributed by atoms with Gasteiger partial charge >= 0.3 is 0 Å². The molecule has 2 heteroatoms. The average Bonchev–Trinajstić information content (AvgIpc) is 2.86. The van der Waals surface area contributed by atoms with Crippen LogP contribution in [0.5, 0.6) is 5.75 Å². The number of benzene rings is 1. The molecule has 0 aromatic heterocycles. The first-order chi connectivity index (χ1) is 9.15. The van der Waals surface area contributed by atoms with E-state index in [1.807, 2.05) is 6.92 Å². The van der Waals surface area contributed by atoms with E-state index in [1.165, 1.54) is 36.8 Å². The lowest BCUT2D eigenvalue weighted by Gasteiger charge is -2.27. The summed E-state index contributed by atoms with van der Waals surface area (Å²) >= 11 is 0. The van der Waals surface area contributed by atoms with E-state index in [9.17, 15) is 5.11 Å². The second-order valence-electron chi connectivity index (χ2n) is 6.50. The highest BCUT2D eigenvalue weighted by Gasteiger charge is 2.31. The maximum Gasteiger partial charge on any atom is 0.118 e. The number of aryl methyl sites for hydroxylation is 1. The summed E-state index contributed by atoms with van der Waals surface area (Å²) in [7, 11) is 2.24. The first-order valence-corrected chi connectivity index (χ1v) is 7.66. The Morgan fingerprint density at radius 1 is 1.21 bits per heavy atom. The summed E-state index contributed by atoms with van der Waals surface area (Å²) in [6.07, 6.45) is 6.63. The van der Waals surface area contributed by atoms with Gasteiger partial charge in [0.15, 0.2) is 0 Å². The molecule has 1 aliphatic carbocycles. The molecular weight excluding hydrogens is 234 g/mol. The Bertz CT molecular complexity index is 463. The number of phenolic OH excluding ortho intramolecular Hbond substituents is 1. The maximum atomic E-state index is 10.1. The number of phenols is 1. The van der Waals surface area contributed by atoms with Crippen LogP contribution < -0.4 is 0 Å². The SMILES string of the molecule is Cc1cc2c(cc1O)C(C1CCCC1)CN(C)CC2. The quantitative estimate of drug-likeness (QED) is 0.835. The molecule has 1 heterocycles. The van der Waals surface area contributed by atoms with Crippen LogP contribution in [0.1, 0.15) is 48.3 Å². The van der Waals surface area contributed by atoms with Crippen LogP contribution >= 0.6 is 0 Å². The van der Waals surface area contributed by atoms with E-state index in [0.717, 1.165) is 31.0 Å². The molecule has 1 fully saturated rings. The second kappa shape index (κ2) is 5.16. The highest BCUT2D eigenvalue weighted by Crippen LogP contribution is 2.41. The van der Waals surface area contributed by atoms with Gasteiger partial charge in [-0.1, -0.05) is 18.9 Å². The zero-order valence-electron chi connectivity index (χ0n) is 12.2. The van der Waals surface area contributed by atoms with Crippen molar-refractivity contribution < 1.29 is 5.11 Å². The Balaban J connectivity index is 2.01. The van der Waals surface area contributed by atoms with Gasteiger partial charge in [0.05, 0.1) is 0 Å². The first kappa shape index (κ1) is 13.0. The number of hydrogen-bond donors (Lipinski definition) is 1. The standard InChI is InChI=1S/C17H25NO/c1-12-9-14-7-8-18(2)11-16(13-5-3-4-6-13)15(14)10-17(12)19/h9-10,13,16,19H,3-8,11H2,1-2H3. The summed E-state index contributed by atoms with van der Waals surface area (Å²) in [5, 5.41) is 10.1. The molecular formula is C17H25NO. The van der Waals surface area contributed by atoms with Crippen molar-refractivity contribution in [3.05, 3.63) is 28.8 Å². The zero-order chi connectivity index (χ0) is 13.4. The van der Waals surface area contributed by atoms with Gasteiger partial charge in [-0.25, -0.2) is 0 Å². The Kier molecular flexibility index (Phi) is 3.53. The summed E-state index contributed by atoms with van der Waals surface area (Å²) in [6, 6.07) is 4.28. The van der Waals surface area contributed by atoms with Gasteiger partial charge in [0.2, 0.25) is 0 Å². The molecule has 1 aromatic rings. The van der Waals surface area contributed by atoms with E-state index in [1.54, 1.807) is 0 Å². The minimum absolute atomic E-state index is 0.478. The molecule has 3 rings (SSSR count). The molecule has 0 spiro atoms. The molecule has 1 aliphatic heterocycles. The number of rotatable bonds is 1. The minimum Gasteiger partial charge on any atom is -0.508 e. The molecule has 0 amide bonds. The normalized spacial score (nSPS) is 25.3. The Labute approximate surface area is 116 Å². The number of aromatic hydroxyl groups is 1. The summed E-state index contributed by atoms with van der Waals surface area (Å²) < 4.78 is 0. The third-order valence-electron chi connectivity index (χ3n) is 5.10. The molecule has 1 N–H and O–H groups in total. The van der Waals surface area contributed by atoms with Crippen molar-refractivity contribution in [1.82, 2.24) is 4.90 Å². The molecule has 104 valence electrons. The van der Waals surface area contributed by atoms with Crippen molar-refractivity contribution >= 4 is 0 Å². The third-order valence-corrected chi connectivity index (χ3v) is 5.10. The van der Waals surface area contributed by atoms with Crippen LogP contribution in [0.4, 0.5) is 0 Å². The van der Waals surface area contributed by atoms with Crippen molar-refractivity contribution in [3.63, 3.8) is 0 Å². The van der Waals surface area contributed by atoms with Gasteiger partial charge in [0, 0.05) is 13.1 Å². The van der Waals surface area contributed by atoms with Crippen LogP contribution in [-0.2, 0) is 6.42 Å². The zero-order valence-corrected chi connectivity index (χ0v) is 12.2. The van der Waals surface area contributed by atoms with Crippen LogP contribution in [0.3, 0.4) is 0 Å². The lowest BCUT2D eigenvalue weighted by molar-refractivity contribution is 0.283. The second-order valence-corrected chi connectivity index (χ2v) is 6.50. The van der Waals surface area contributed by atoms with Crippen molar-refractivity contribution in [2.75, 3.05) is 20.1 Å². The van der Waals surface area contributed by atoms with E-state index in [2.05, 4.69) is 24.1 Å². The Morgan fingerprint density at radius 3 is 2.68 bits per heavy atom. The smallest absolute Gasteiger partial charge is 0.118 e. The molecule has 0 saturated heterocycles. The molecule has 2 nitrogen and oxygen atoms in total. The first-order valence-electron chi connectivity index (χ1n) is 7.66. The highest BCUT2D eigenvalue weighted by molar-refractivity contribution is 5.44. The summed E-state index contributed by atoms with van der Waals surface area (Å²) in [5.41, 5.74) is 3.92. The third kappa shape index (κ3) is 2.51. The molecule has 0 bridgehead atoms. The monoisotopic (exact) mass is 259 g/mol. The summed E-state index contributed by atoms with van der Waals surface area (Å²) in [4.78, 5) is 2.47. The van der Waals surface area contributed by atoms with Crippen molar-refractivity contribution in [2.24, 2.45) is 5.92 Å². The van der Waals surface area contributed by atoms with E-state index in [-0.39, 0.29) is 0 Å². The lowest BCUT2D eigenvalue weighted by atomic mass is 9.82. The molecule has 0 radical (unpaired) electrons. The largest absolute Gasteiger partial charge is 0.508 e. The van der Waals surface area contributed by atoms with E-state index < -0.39 is 0 Å². The van der Waals surface area contributed by atoms with Crippen LogP contribution in [0, 0.1) is 12.8 Å². The van der Waals surface area contributed by atoms with Gasteiger partial charge in [-0.3, -0.25) is 0 Å². The van der Waals surface area contributed by atoms with Gasteiger partial charge in [-0.2, -0.15) is 0 Å². The van der Waals surface area contributed by atoms with Gasteiger partial charge < -0.3 is 10.0 Å². The molecule has 1 aromatic carbocycles. The lowest BCUT2D eigenvalue weighted by Crippen LogP contribution is -2.26. The fourth-order valence-electron chi connectivity index (χ4n) is 3.93. The average molecular weight is 259 g/mol. The maximum absolute atomic E-state index is 10.1. The molecule has 2 aliphatic rings. The topological polar surface area (TPSA) is 23.5 Å². The van der Waals surface area contributed by atoms with Gasteiger partial charge in [0.25, 0.3) is 0 Å². The van der Waals surface area contributed by atoms with Gasteiger partial charge in [-0.05, 0) is 67.8 Å². The van der Waals surface area contributed by atoms with Crippen LogP contribution in [0.25, 0.3) is 0 Å². The number of likely N-dealkylation sites (N-methyl/N-ethyl adjacent to an activating group) is 1.